The van der Waals surface area contributed by atoms with E-state index >= 15 is 4.39 Å². The van der Waals surface area contributed by atoms with Crippen molar-refractivity contribution >= 4 is 46.5 Å². The standard InChI is InChI=1S/C32H28ClFN4O4/c1-3-19-7-10-24(33)30(34)29(19)21-12-14-38(28(39)16-21)27-6-4-5-18(2)31(40)37-25-17-22(36-32(41)42)8-9-23(25)20-11-13-35-26(27)15-20/h1,7-11,13,15-18,27,36H,4-6,12,14H2,2H3,(H,37,40)(H,41,42)/t18-,27+/m1/s1. The van der Waals surface area contributed by atoms with Gasteiger partial charge in [-0.1, -0.05) is 36.9 Å². The molecule has 42 heavy (non-hydrogen) atoms. The normalized spacial score (nSPS) is 18.9. The van der Waals surface area contributed by atoms with Gasteiger partial charge in [-0.15, -0.1) is 6.42 Å². The third-order valence-electron chi connectivity index (χ3n) is 7.67. The number of amides is 3. The summed E-state index contributed by atoms with van der Waals surface area (Å²) in [6.45, 7) is 2.14. The minimum atomic E-state index is -1.21. The summed E-state index contributed by atoms with van der Waals surface area (Å²) in [5, 5.41) is 14.4. The van der Waals surface area contributed by atoms with Crippen molar-refractivity contribution in [2.45, 2.75) is 38.6 Å². The molecule has 0 saturated carbocycles. The number of carbonyl (C=O) groups excluding carboxylic acids is 2. The minimum Gasteiger partial charge on any atom is -0.465 e. The molecule has 8 nitrogen and oxygen atoms in total. The van der Waals surface area contributed by atoms with Crippen LogP contribution < -0.4 is 10.6 Å². The fraction of sp³-hybridized carbons (Fsp3) is 0.250. The number of halogens is 2. The van der Waals surface area contributed by atoms with Crippen LogP contribution in [0.4, 0.5) is 20.6 Å². The number of pyridine rings is 1. The number of carboxylic acid groups (broad SMARTS) is 1. The van der Waals surface area contributed by atoms with E-state index < -0.39 is 18.0 Å². The van der Waals surface area contributed by atoms with Gasteiger partial charge in [0, 0.05) is 47.1 Å². The maximum Gasteiger partial charge on any atom is 0.409 e. The van der Waals surface area contributed by atoms with Gasteiger partial charge in [0.2, 0.25) is 11.8 Å². The molecule has 2 aliphatic rings. The van der Waals surface area contributed by atoms with E-state index in [1.165, 1.54) is 12.1 Å². The van der Waals surface area contributed by atoms with Gasteiger partial charge in [0.25, 0.3) is 0 Å². The van der Waals surface area contributed by atoms with Crippen molar-refractivity contribution in [3.05, 3.63) is 82.4 Å². The summed E-state index contributed by atoms with van der Waals surface area (Å²) in [6, 6.07) is 11.2. The lowest BCUT2D eigenvalue weighted by Crippen LogP contribution is -2.38. The monoisotopic (exact) mass is 586 g/mol. The van der Waals surface area contributed by atoms with Gasteiger partial charge in [0.15, 0.2) is 5.82 Å². The third kappa shape index (κ3) is 5.85. The van der Waals surface area contributed by atoms with E-state index in [0.29, 0.717) is 66.0 Å². The number of anilines is 2. The van der Waals surface area contributed by atoms with Gasteiger partial charge in [0.05, 0.1) is 22.4 Å². The van der Waals surface area contributed by atoms with Crippen molar-refractivity contribution in [3.8, 4) is 23.5 Å². The first kappa shape index (κ1) is 28.8. The quantitative estimate of drug-likeness (QED) is 0.295. The highest BCUT2D eigenvalue weighted by Crippen LogP contribution is 2.38. The average molecular weight is 587 g/mol. The molecule has 3 N–H and O–H groups in total. The van der Waals surface area contributed by atoms with Crippen LogP contribution in [0.1, 0.15) is 55.5 Å². The Morgan fingerprint density at radius 3 is 2.76 bits per heavy atom. The molecule has 0 saturated heterocycles. The first-order valence-electron chi connectivity index (χ1n) is 13.5. The van der Waals surface area contributed by atoms with Crippen molar-refractivity contribution in [2.24, 2.45) is 5.92 Å². The van der Waals surface area contributed by atoms with Gasteiger partial charge in [-0.2, -0.15) is 0 Å². The van der Waals surface area contributed by atoms with Crippen LogP contribution in [0.3, 0.4) is 0 Å². The fourth-order valence-corrected chi connectivity index (χ4v) is 5.67. The average Bonchev–Trinajstić information content (AvgIpc) is 2.96. The molecule has 0 unspecified atom stereocenters. The zero-order valence-corrected chi connectivity index (χ0v) is 23.5. The number of aromatic nitrogens is 1. The van der Waals surface area contributed by atoms with Gasteiger partial charge in [-0.3, -0.25) is 19.9 Å². The van der Waals surface area contributed by atoms with Gasteiger partial charge in [0.1, 0.15) is 0 Å². The highest BCUT2D eigenvalue weighted by atomic mass is 35.5. The number of nitrogens with one attached hydrogen (secondary N) is 2. The van der Waals surface area contributed by atoms with Crippen molar-refractivity contribution in [1.82, 2.24) is 9.88 Å². The maximum atomic E-state index is 15.0. The van der Waals surface area contributed by atoms with E-state index in [1.807, 2.05) is 13.0 Å². The Kier molecular flexibility index (Phi) is 8.27. The number of fused-ring (bicyclic) bond motifs is 4. The predicted octanol–water partition coefficient (Wildman–Crippen LogP) is 6.73. The summed E-state index contributed by atoms with van der Waals surface area (Å²) in [4.78, 5) is 44.2. The molecule has 0 spiro atoms. The van der Waals surface area contributed by atoms with Crippen LogP contribution in [0.25, 0.3) is 16.7 Å². The first-order chi connectivity index (χ1) is 20.2. The Morgan fingerprint density at radius 1 is 1.21 bits per heavy atom. The molecule has 214 valence electrons. The Bertz CT molecular complexity index is 1660. The smallest absolute Gasteiger partial charge is 0.409 e. The summed E-state index contributed by atoms with van der Waals surface area (Å²) in [5.74, 6) is 1.02. The molecule has 2 atom stereocenters. The minimum absolute atomic E-state index is 0.0654. The molecule has 3 amide bonds. The second-order valence-electron chi connectivity index (χ2n) is 10.4. The van der Waals surface area contributed by atoms with Gasteiger partial charge >= 0.3 is 6.09 Å². The molecule has 1 aromatic heterocycles. The molecule has 5 rings (SSSR count). The number of terminal acetylenes is 1. The Morgan fingerprint density at radius 2 is 2.02 bits per heavy atom. The molecule has 2 bridgehead atoms. The number of rotatable bonds is 3. The molecule has 3 aromatic rings. The predicted molar refractivity (Wildman–Crippen MR) is 159 cm³/mol. The highest BCUT2D eigenvalue weighted by molar-refractivity contribution is 6.31. The highest BCUT2D eigenvalue weighted by Gasteiger charge is 2.31. The fourth-order valence-electron chi connectivity index (χ4n) is 5.51. The van der Waals surface area contributed by atoms with Crippen molar-refractivity contribution < 1.29 is 23.9 Å². The van der Waals surface area contributed by atoms with Crippen molar-refractivity contribution in [3.63, 3.8) is 0 Å². The molecule has 3 heterocycles. The summed E-state index contributed by atoms with van der Waals surface area (Å²) >= 11 is 6.03. The van der Waals surface area contributed by atoms with Crippen LogP contribution in [0.15, 0.2) is 54.7 Å². The van der Waals surface area contributed by atoms with E-state index in [4.69, 9.17) is 23.1 Å². The summed E-state index contributed by atoms with van der Waals surface area (Å²) in [6.07, 6.45) is 9.61. The number of benzene rings is 2. The Balaban J connectivity index is 1.54. The SMILES string of the molecule is C#Cc1ccc(Cl)c(F)c1C1=CC(=O)N([C@H]2CCC[C@@H](C)C(=O)Nc3cc(NC(=O)O)ccc3-c3ccnc2c3)CC1. The van der Waals surface area contributed by atoms with Crippen LogP contribution >= 0.6 is 11.6 Å². The topological polar surface area (TPSA) is 112 Å². The lowest BCUT2D eigenvalue weighted by Gasteiger charge is -2.35. The second-order valence-corrected chi connectivity index (χ2v) is 10.8. The molecule has 0 aliphatic carbocycles. The first-order valence-corrected chi connectivity index (χ1v) is 13.9. The van der Waals surface area contributed by atoms with Crippen LogP contribution in [0, 0.1) is 24.1 Å². The zero-order chi connectivity index (χ0) is 30.0. The number of hydrogen-bond acceptors (Lipinski definition) is 4. The zero-order valence-electron chi connectivity index (χ0n) is 22.8. The molecular weight excluding hydrogens is 559 g/mol. The van der Waals surface area contributed by atoms with Gasteiger partial charge < -0.3 is 15.3 Å². The summed E-state index contributed by atoms with van der Waals surface area (Å²) in [7, 11) is 0. The largest absolute Gasteiger partial charge is 0.465 e. The molecule has 2 aromatic carbocycles. The summed E-state index contributed by atoms with van der Waals surface area (Å²) in [5.41, 5.74) is 3.87. The Labute approximate surface area is 247 Å². The Hall–Kier alpha value is -4.68. The van der Waals surface area contributed by atoms with Crippen molar-refractivity contribution in [2.75, 3.05) is 17.2 Å². The number of hydrogen-bond donors (Lipinski definition) is 3. The van der Waals surface area contributed by atoms with Crippen LogP contribution in [-0.4, -0.2) is 39.4 Å². The van der Waals surface area contributed by atoms with E-state index in [-0.39, 0.29) is 28.3 Å². The van der Waals surface area contributed by atoms with E-state index in [1.54, 1.807) is 41.4 Å². The maximum absolute atomic E-state index is 15.0. The van der Waals surface area contributed by atoms with E-state index in [9.17, 15) is 14.4 Å². The molecular formula is C32H28ClFN4O4. The van der Waals surface area contributed by atoms with E-state index in [0.717, 1.165) is 5.56 Å². The van der Waals surface area contributed by atoms with Gasteiger partial charge in [-0.05, 0) is 66.8 Å². The lowest BCUT2D eigenvalue weighted by atomic mass is 9.91. The van der Waals surface area contributed by atoms with Crippen LogP contribution in [-0.2, 0) is 9.59 Å². The molecule has 10 heteroatoms. The van der Waals surface area contributed by atoms with Gasteiger partial charge in [-0.25, -0.2) is 9.18 Å². The second kappa shape index (κ2) is 12.0. The van der Waals surface area contributed by atoms with E-state index in [2.05, 4.69) is 21.5 Å². The molecule has 2 aliphatic heterocycles. The third-order valence-corrected chi connectivity index (χ3v) is 7.97. The number of nitrogens with zero attached hydrogens (tertiary/aromatic N) is 2. The van der Waals surface area contributed by atoms with Crippen LogP contribution in [0.5, 0.6) is 0 Å². The summed E-state index contributed by atoms with van der Waals surface area (Å²) < 4.78 is 15.0. The molecule has 0 radical (unpaired) electrons. The molecule has 0 fully saturated rings. The van der Waals surface area contributed by atoms with Crippen LogP contribution in [0.2, 0.25) is 5.02 Å². The lowest BCUT2D eigenvalue weighted by molar-refractivity contribution is -0.129. The van der Waals surface area contributed by atoms with Crippen molar-refractivity contribution in [1.29, 1.82) is 0 Å². The number of carbonyl (C=O) groups is 3.